The topological polar surface area (TPSA) is 20.2 Å². The third-order valence-corrected chi connectivity index (χ3v) is 2.56. The molecule has 1 nitrogen and oxygen atoms in total. The van der Waals surface area contributed by atoms with Gasteiger partial charge in [0.2, 0.25) is 0 Å². The van der Waals surface area contributed by atoms with Crippen molar-refractivity contribution in [3.8, 4) is 0 Å². The number of allylic oxidation sites excluding steroid dienone is 1. The van der Waals surface area contributed by atoms with E-state index in [1.165, 1.54) is 0 Å². The highest BCUT2D eigenvalue weighted by molar-refractivity contribution is 7.99. The van der Waals surface area contributed by atoms with Crippen LogP contribution in [0.1, 0.15) is 34.1 Å². The van der Waals surface area contributed by atoms with Gasteiger partial charge in [-0.25, -0.2) is 0 Å². The Morgan fingerprint density at radius 1 is 1.55 bits per heavy atom. The molecule has 0 aromatic rings. The fraction of sp³-hybridized carbons (Fsp3) is 0.667. The van der Waals surface area contributed by atoms with E-state index < -0.39 is 0 Å². The van der Waals surface area contributed by atoms with Crippen LogP contribution in [0.2, 0.25) is 0 Å². The molecular weight excluding hydrogens is 156 g/mol. The molecule has 0 rings (SSSR count). The molecule has 0 amide bonds. The summed E-state index contributed by atoms with van der Waals surface area (Å²) < 4.78 is 0. The minimum Gasteiger partial charge on any atom is -0.356 e. The number of aliphatic hydroxyl groups is 1. The van der Waals surface area contributed by atoms with Crippen molar-refractivity contribution in [2.75, 3.05) is 0 Å². The van der Waals surface area contributed by atoms with Gasteiger partial charge in [-0.1, -0.05) is 19.4 Å². The van der Waals surface area contributed by atoms with E-state index in [0.717, 1.165) is 23.3 Å². The monoisotopic (exact) mass is 174 g/mol. The largest absolute Gasteiger partial charge is 0.356 e. The number of aliphatic hydroxyl groups excluding tert-OH is 1. The van der Waals surface area contributed by atoms with Crippen molar-refractivity contribution in [3.05, 3.63) is 11.6 Å². The number of rotatable bonds is 3. The van der Waals surface area contributed by atoms with Gasteiger partial charge in [-0.05, 0) is 31.6 Å². The predicted octanol–water partition coefficient (Wildman–Crippen LogP) is 2.90. The minimum absolute atomic E-state index is 0.486. The van der Waals surface area contributed by atoms with E-state index in [2.05, 4.69) is 13.8 Å². The van der Waals surface area contributed by atoms with E-state index in [-0.39, 0.29) is 0 Å². The second kappa shape index (κ2) is 5.56. The zero-order valence-electron chi connectivity index (χ0n) is 7.76. The molecule has 0 radical (unpaired) electrons. The first kappa shape index (κ1) is 10.9. The summed E-state index contributed by atoms with van der Waals surface area (Å²) in [4.78, 5) is 0. The van der Waals surface area contributed by atoms with Crippen LogP contribution in [0.15, 0.2) is 11.6 Å². The quantitative estimate of drug-likeness (QED) is 0.383. The average molecular weight is 174 g/mol. The molecule has 0 spiro atoms. The molecule has 0 fully saturated rings. The summed E-state index contributed by atoms with van der Waals surface area (Å²) in [5, 5.41) is 10.4. The van der Waals surface area contributed by atoms with E-state index in [1.54, 1.807) is 0 Å². The van der Waals surface area contributed by atoms with Crippen LogP contribution >= 0.6 is 11.4 Å². The number of hydrogen-bond acceptors (Lipinski definition) is 0. The standard InChI is InChI=1S/C9H18OS/c1-5-8(4)11-9(10)6-7(2)3/h6,8,10-11H,5H2,1-4H3. The van der Waals surface area contributed by atoms with Crippen molar-refractivity contribution in [2.24, 2.45) is 0 Å². The summed E-state index contributed by atoms with van der Waals surface area (Å²) in [7, 11) is 0. The Balaban J connectivity index is 4.11. The Morgan fingerprint density at radius 2 is 2.09 bits per heavy atom. The zero-order valence-corrected chi connectivity index (χ0v) is 8.65. The second-order valence-electron chi connectivity index (χ2n) is 2.97. The maximum Gasteiger partial charge on any atom is 0.0929 e. The van der Waals surface area contributed by atoms with Crippen LogP contribution in [0.4, 0.5) is 0 Å². The van der Waals surface area contributed by atoms with Gasteiger partial charge in [0, 0.05) is 0 Å². The lowest BCUT2D eigenvalue weighted by Crippen LogP contribution is -1.95. The third kappa shape index (κ3) is 6.32. The zero-order chi connectivity index (χ0) is 8.85. The summed E-state index contributed by atoms with van der Waals surface area (Å²) in [5.41, 5.74) is 1.15. The van der Waals surface area contributed by atoms with Gasteiger partial charge >= 0.3 is 0 Å². The minimum atomic E-state index is 0.486. The van der Waals surface area contributed by atoms with Crippen LogP contribution in [0.25, 0.3) is 0 Å². The van der Waals surface area contributed by atoms with Crippen molar-refractivity contribution in [2.45, 2.75) is 39.4 Å². The third-order valence-electron chi connectivity index (χ3n) is 1.36. The lowest BCUT2D eigenvalue weighted by atomic mass is 10.3. The summed E-state index contributed by atoms with van der Waals surface area (Å²) in [5.74, 6) is 0. The molecule has 0 aromatic carbocycles. The lowest BCUT2D eigenvalue weighted by molar-refractivity contribution is 0.573. The van der Waals surface area contributed by atoms with Crippen LogP contribution in [0.3, 0.4) is 0 Å². The molecule has 0 bridgehead atoms. The number of thiol groups is 1. The summed E-state index contributed by atoms with van der Waals surface area (Å²) >= 11 is 1.05. The maximum atomic E-state index is 9.35. The van der Waals surface area contributed by atoms with Crippen LogP contribution in [0.5, 0.6) is 0 Å². The van der Waals surface area contributed by atoms with Gasteiger partial charge in [0.05, 0.1) is 5.05 Å². The van der Waals surface area contributed by atoms with Crippen molar-refractivity contribution in [3.63, 3.8) is 0 Å². The molecule has 0 saturated heterocycles. The molecular formula is C9H18OS. The molecule has 1 atom stereocenters. The van der Waals surface area contributed by atoms with Gasteiger partial charge in [-0.15, -0.1) is 0 Å². The van der Waals surface area contributed by atoms with Crippen LogP contribution in [-0.2, 0) is 0 Å². The molecule has 0 heterocycles. The van der Waals surface area contributed by atoms with Gasteiger partial charge in [-0.2, -0.15) is 11.4 Å². The molecule has 0 aliphatic rings. The lowest BCUT2D eigenvalue weighted by Gasteiger charge is -2.01. The van der Waals surface area contributed by atoms with Gasteiger partial charge in [0.15, 0.2) is 0 Å². The van der Waals surface area contributed by atoms with E-state index in [9.17, 15) is 5.11 Å². The highest BCUT2D eigenvalue weighted by Gasteiger charge is 1.93. The number of hydrogen-bond donors (Lipinski definition) is 2. The summed E-state index contributed by atoms with van der Waals surface area (Å²) in [6, 6.07) is 0. The Hall–Kier alpha value is -0.0800. The van der Waals surface area contributed by atoms with E-state index >= 15 is 0 Å². The van der Waals surface area contributed by atoms with Gasteiger partial charge in [-0.3, -0.25) is 0 Å². The normalized spacial score (nSPS) is 15.2. The summed E-state index contributed by atoms with van der Waals surface area (Å²) in [6.07, 6.45) is 2.94. The Labute approximate surface area is 73.1 Å². The van der Waals surface area contributed by atoms with Gasteiger partial charge in [0.1, 0.15) is 0 Å². The van der Waals surface area contributed by atoms with Crippen LogP contribution in [-0.4, -0.2) is 15.4 Å². The first-order valence-corrected chi connectivity index (χ1v) is 4.94. The summed E-state index contributed by atoms with van der Waals surface area (Å²) in [6.45, 7) is 8.24. The molecule has 0 aliphatic heterocycles. The molecule has 0 aromatic heterocycles. The van der Waals surface area contributed by atoms with Crippen molar-refractivity contribution >= 4 is 16.4 Å². The molecule has 66 valence electrons. The first-order chi connectivity index (χ1) is 5.06. The van der Waals surface area contributed by atoms with E-state index in [1.807, 2.05) is 19.9 Å². The molecule has 11 heavy (non-hydrogen) atoms. The fourth-order valence-electron chi connectivity index (χ4n) is 0.613. The van der Waals surface area contributed by atoms with Gasteiger partial charge in [0.25, 0.3) is 0 Å². The molecule has 2 heteroatoms. The fourth-order valence-corrected chi connectivity index (χ4v) is 1.58. The molecule has 0 aliphatic carbocycles. The molecule has 1 unspecified atom stereocenters. The maximum absolute atomic E-state index is 9.35. The molecule has 0 saturated carbocycles. The predicted molar refractivity (Wildman–Crippen MR) is 55.8 cm³/mol. The smallest absolute Gasteiger partial charge is 0.0929 e. The van der Waals surface area contributed by atoms with E-state index in [0.29, 0.717) is 10.3 Å². The molecule has 1 N–H and O–H groups in total. The van der Waals surface area contributed by atoms with Crippen LogP contribution < -0.4 is 0 Å². The average Bonchev–Trinajstić information content (AvgIpc) is 1.85. The van der Waals surface area contributed by atoms with Crippen molar-refractivity contribution in [1.82, 2.24) is 0 Å². The Kier molecular flexibility index (Phi) is 5.51. The van der Waals surface area contributed by atoms with Crippen molar-refractivity contribution in [1.29, 1.82) is 0 Å². The highest BCUT2D eigenvalue weighted by Crippen LogP contribution is 2.06. The Morgan fingerprint density at radius 3 is 2.45 bits per heavy atom. The Bertz CT molecular complexity index is 166. The first-order valence-electron chi connectivity index (χ1n) is 3.98. The van der Waals surface area contributed by atoms with Crippen molar-refractivity contribution < 1.29 is 5.11 Å². The van der Waals surface area contributed by atoms with Crippen LogP contribution in [0, 0.1) is 0 Å². The van der Waals surface area contributed by atoms with Gasteiger partial charge < -0.3 is 5.11 Å². The SMILES string of the molecule is CCC(C)[SH]=C(O)C=C(C)C. The highest BCUT2D eigenvalue weighted by atomic mass is 32.1. The van der Waals surface area contributed by atoms with E-state index in [4.69, 9.17) is 0 Å². The second-order valence-corrected chi connectivity index (χ2v) is 4.56.